The first-order chi connectivity index (χ1) is 13.8. The van der Waals surface area contributed by atoms with Gasteiger partial charge < -0.3 is 4.74 Å². The lowest BCUT2D eigenvalue weighted by Crippen LogP contribution is -2.44. The number of aryl methyl sites for hydroxylation is 1. The highest BCUT2D eigenvalue weighted by atomic mass is 32.2. The summed E-state index contributed by atoms with van der Waals surface area (Å²) in [4.78, 5) is 0.273. The van der Waals surface area contributed by atoms with Crippen molar-refractivity contribution in [3.05, 3.63) is 102 Å². The molecule has 0 amide bonds. The standard InChI is InChI=1S/C24H25NO3S/c1-18-14-16-21(17-15-18)29(26,27)25-22(19-10-6-4-7-11-19)23(28-24(25,2)3)20-12-8-5-9-13-20/h4-17,22-23H,1-3H3. The van der Waals surface area contributed by atoms with Gasteiger partial charge in [-0.05, 0) is 44.0 Å². The third-order valence-corrected chi connectivity index (χ3v) is 7.39. The minimum Gasteiger partial charge on any atom is -0.350 e. The van der Waals surface area contributed by atoms with Crippen molar-refractivity contribution in [2.24, 2.45) is 0 Å². The van der Waals surface area contributed by atoms with E-state index in [1.807, 2.05) is 93.6 Å². The van der Waals surface area contributed by atoms with Gasteiger partial charge in [-0.2, -0.15) is 4.31 Å². The first-order valence-corrected chi connectivity index (χ1v) is 11.1. The van der Waals surface area contributed by atoms with Crippen molar-refractivity contribution >= 4 is 10.0 Å². The summed E-state index contributed by atoms with van der Waals surface area (Å²) in [7, 11) is -3.79. The molecule has 0 spiro atoms. The molecule has 1 saturated heterocycles. The predicted molar refractivity (Wildman–Crippen MR) is 114 cm³/mol. The normalized spacial score (nSPS) is 21.9. The van der Waals surface area contributed by atoms with Crippen LogP contribution in [0, 0.1) is 6.92 Å². The SMILES string of the molecule is Cc1ccc(S(=O)(=O)N2C(c3ccccc3)C(c3ccccc3)OC2(C)C)cc1. The summed E-state index contributed by atoms with van der Waals surface area (Å²) in [6, 6.07) is 26.0. The smallest absolute Gasteiger partial charge is 0.246 e. The van der Waals surface area contributed by atoms with Gasteiger partial charge in [0, 0.05) is 0 Å². The summed E-state index contributed by atoms with van der Waals surface area (Å²) in [6.07, 6.45) is -0.408. The van der Waals surface area contributed by atoms with Crippen molar-refractivity contribution in [1.82, 2.24) is 4.31 Å². The van der Waals surface area contributed by atoms with Gasteiger partial charge in [0.2, 0.25) is 10.0 Å². The number of rotatable bonds is 4. The first kappa shape index (κ1) is 19.8. The Labute approximate surface area is 172 Å². The molecule has 3 aromatic rings. The number of ether oxygens (including phenoxy) is 1. The zero-order valence-electron chi connectivity index (χ0n) is 16.8. The van der Waals surface area contributed by atoms with Crippen LogP contribution in [0.5, 0.6) is 0 Å². The zero-order chi connectivity index (χ0) is 20.6. The maximum atomic E-state index is 13.8. The second-order valence-corrected chi connectivity index (χ2v) is 9.68. The number of sulfonamides is 1. The summed E-state index contributed by atoms with van der Waals surface area (Å²) in [6.45, 7) is 5.58. The van der Waals surface area contributed by atoms with E-state index in [0.717, 1.165) is 16.7 Å². The molecule has 0 N–H and O–H groups in total. The van der Waals surface area contributed by atoms with Gasteiger partial charge in [0.05, 0.1) is 10.9 Å². The Hall–Kier alpha value is -2.47. The molecule has 150 valence electrons. The number of nitrogens with zero attached hydrogens (tertiary/aromatic N) is 1. The lowest BCUT2D eigenvalue weighted by molar-refractivity contribution is -0.0509. The van der Waals surface area contributed by atoms with E-state index in [-0.39, 0.29) is 4.90 Å². The highest BCUT2D eigenvalue weighted by Gasteiger charge is 2.54. The second-order valence-electron chi connectivity index (χ2n) is 7.87. The Morgan fingerprint density at radius 2 is 1.31 bits per heavy atom. The number of hydrogen-bond donors (Lipinski definition) is 0. The Morgan fingerprint density at radius 1 is 0.793 bits per heavy atom. The van der Waals surface area contributed by atoms with Crippen LogP contribution in [-0.2, 0) is 14.8 Å². The van der Waals surface area contributed by atoms with E-state index in [0.29, 0.717) is 0 Å². The van der Waals surface area contributed by atoms with E-state index in [2.05, 4.69) is 0 Å². The van der Waals surface area contributed by atoms with Crippen LogP contribution in [0.15, 0.2) is 89.8 Å². The predicted octanol–water partition coefficient (Wildman–Crippen LogP) is 5.23. The van der Waals surface area contributed by atoms with Crippen molar-refractivity contribution in [1.29, 1.82) is 0 Å². The number of benzene rings is 3. The first-order valence-electron chi connectivity index (χ1n) is 9.70. The van der Waals surface area contributed by atoms with Crippen LogP contribution in [0.3, 0.4) is 0 Å². The van der Waals surface area contributed by atoms with Crippen LogP contribution in [-0.4, -0.2) is 18.4 Å². The van der Waals surface area contributed by atoms with Crippen LogP contribution < -0.4 is 0 Å². The molecule has 4 rings (SSSR count). The molecule has 4 nitrogen and oxygen atoms in total. The van der Waals surface area contributed by atoms with Crippen molar-refractivity contribution in [2.45, 2.75) is 43.5 Å². The fourth-order valence-corrected chi connectivity index (χ4v) is 5.86. The van der Waals surface area contributed by atoms with Crippen molar-refractivity contribution in [2.75, 3.05) is 0 Å². The fourth-order valence-electron chi connectivity index (χ4n) is 4.00. The lowest BCUT2D eigenvalue weighted by atomic mass is 9.96. The van der Waals surface area contributed by atoms with Crippen LogP contribution in [0.1, 0.15) is 42.7 Å². The second kappa shape index (κ2) is 7.41. The van der Waals surface area contributed by atoms with Gasteiger partial charge in [-0.15, -0.1) is 0 Å². The highest BCUT2D eigenvalue weighted by molar-refractivity contribution is 7.89. The maximum Gasteiger partial charge on any atom is 0.246 e. The molecular weight excluding hydrogens is 382 g/mol. The van der Waals surface area contributed by atoms with Gasteiger partial charge in [0.1, 0.15) is 11.8 Å². The Balaban J connectivity index is 1.89. The maximum absolute atomic E-state index is 13.8. The molecule has 0 saturated carbocycles. The molecule has 1 fully saturated rings. The minimum atomic E-state index is -3.79. The molecule has 2 unspecified atom stereocenters. The van der Waals surface area contributed by atoms with Gasteiger partial charge in [-0.25, -0.2) is 8.42 Å². The zero-order valence-corrected chi connectivity index (χ0v) is 17.6. The van der Waals surface area contributed by atoms with Crippen molar-refractivity contribution < 1.29 is 13.2 Å². The highest BCUT2D eigenvalue weighted by Crippen LogP contribution is 2.51. The van der Waals surface area contributed by atoms with E-state index in [1.54, 1.807) is 12.1 Å². The molecule has 1 heterocycles. The van der Waals surface area contributed by atoms with Crippen LogP contribution in [0.4, 0.5) is 0 Å². The molecule has 5 heteroatoms. The summed E-state index contributed by atoms with van der Waals surface area (Å²) in [5.74, 6) is 0. The molecule has 29 heavy (non-hydrogen) atoms. The molecule has 3 aromatic carbocycles. The van der Waals surface area contributed by atoms with E-state index in [4.69, 9.17) is 4.74 Å². The van der Waals surface area contributed by atoms with Crippen LogP contribution >= 0.6 is 0 Å². The largest absolute Gasteiger partial charge is 0.350 e. The van der Waals surface area contributed by atoms with Gasteiger partial charge in [-0.1, -0.05) is 78.4 Å². The van der Waals surface area contributed by atoms with Gasteiger partial charge >= 0.3 is 0 Å². The average molecular weight is 408 g/mol. The molecule has 0 aromatic heterocycles. The summed E-state index contributed by atoms with van der Waals surface area (Å²) < 4.78 is 35.5. The average Bonchev–Trinajstić information content (AvgIpc) is 3.01. The van der Waals surface area contributed by atoms with Crippen LogP contribution in [0.2, 0.25) is 0 Å². The third kappa shape index (κ3) is 3.62. The van der Waals surface area contributed by atoms with E-state index in [1.165, 1.54) is 4.31 Å². The molecule has 1 aliphatic rings. The molecule has 0 radical (unpaired) electrons. The Bertz CT molecular complexity index is 1080. The fraction of sp³-hybridized carbons (Fsp3) is 0.250. The lowest BCUT2D eigenvalue weighted by Gasteiger charge is -2.32. The molecule has 0 aliphatic carbocycles. The van der Waals surface area contributed by atoms with E-state index < -0.39 is 27.9 Å². The topological polar surface area (TPSA) is 46.6 Å². The quantitative estimate of drug-likeness (QED) is 0.595. The molecular formula is C24H25NO3S. The van der Waals surface area contributed by atoms with Crippen LogP contribution in [0.25, 0.3) is 0 Å². The van der Waals surface area contributed by atoms with Gasteiger partial charge in [0.25, 0.3) is 0 Å². The van der Waals surface area contributed by atoms with E-state index >= 15 is 0 Å². The Morgan fingerprint density at radius 3 is 1.86 bits per heavy atom. The summed E-state index contributed by atoms with van der Waals surface area (Å²) in [5.41, 5.74) is 1.87. The molecule has 0 bridgehead atoms. The van der Waals surface area contributed by atoms with Crippen molar-refractivity contribution in [3.8, 4) is 0 Å². The summed E-state index contributed by atoms with van der Waals surface area (Å²) in [5, 5.41) is 0. The number of hydrogen-bond acceptors (Lipinski definition) is 3. The minimum absolute atomic E-state index is 0.273. The Kier molecular flexibility index (Phi) is 5.07. The monoisotopic (exact) mass is 407 g/mol. The third-order valence-electron chi connectivity index (χ3n) is 5.33. The summed E-state index contributed by atoms with van der Waals surface area (Å²) >= 11 is 0. The van der Waals surface area contributed by atoms with Gasteiger partial charge in [-0.3, -0.25) is 0 Å². The van der Waals surface area contributed by atoms with Gasteiger partial charge in [0.15, 0.2) is 0 Å². The molecule has 1 aliphatic heterocycles. The van der Waals surface area contributed by atoms with E-state index in [9.17, 15) is 8.42 Å². The molecule has 2 atom stereocenters. The van der Waals surface area contributed by atoms with Crippen molar-refractivity contribution in [3.63, 3.8) is 0 Å².